The number of hydrogen-bond donors (Lipinski definition) is 1. The van der Waals surface area contributed by atoms with Crippen LogP contribution >= 0.6 is 34.4 Å². The molecule has 6 nitrogen and oxygen atoms in total. The summed E-state index contributed by atoms with van der Waals surface area (Å²) in [5.41, 5.74) is 0. The molecule has 3 aromatic rings. The minimum absolute atomic E-state index is 0.0288. The third-order valence-electron chi connectivity index (χ3n) is 2.62. The maximum absolute atomic E-state index is 5.74. The molecule has 0 saturated heterocycles. The van der Waals surface area contributed by atoms with E-state index in [0.29, 0.717) is 17.8 Å². The summed E-state index contributed by atoms with van der Waals surface area (Å²) in [5, 5.41) is 22.6. The molecule has 0 amide bonds. The summed E-state index contributed by atoms with van der Waals surface area (Å²) in [7, 11) is 0. The van der Waals surface area contributed by atoms with Gasteiger partial charge in [-0.2, -0.15) is 0 Å². The van der Waals surface area contributed by atoms with Crippen LogP contribution in [-0.2, 0) is 0 Å². The summed E-state index contributed by atoms with van der Waals surface area (Å²) in [4.78, 5) is 0.982. The van der Waals surface area contributed by atoms with Gasteiger partial charge < -0.3 is 9.73 Å². The van der Waals surface area contributed by atoms with E-state index in [1.54, 1.807) is 23.1 Å². The molecule has 116 valence electrons. The largest absolute Gasteiger partial charge is 0.419 e. The van der Waals surface area contributed by atoms with Gasteiger partial charge in [-0.1, -0.05) is 29.2 Å². The lowest BCUT2D eigenvalue weighted by Crippen LogP contribution is -2.08. The van der Waals surface area contributed by atoms with Crippen LogP contribution in [0, 0.1) is 0 Å². The lowest BCUT2D eigenvalue weighted by atomic mass is 10.4. The Hall–Kier alpha value is -1.45. The molecule has 0 saturated carbocycles. The monoisotopic (exact) mass is 353 g/mol. The maximum Gasteiger partial charge on any atom is 0.257 e. The van der Waals surface area contributed by atoms with Crippen molar-refractivity contribution in [2.75, 3.05) is 5.32 Å². The molecule has 0 aliphatic heterocycles. The van der Waals surface area contributed by atoms with Crippen LogP contribution in [0.5, 0.6) is 0 Å². The third kappa shape index (κ3) is 3.65. The van der Waals surface area contributed by atoms with Crippen LogP contribution in [0.4, 0.5) is 5.13 Å². The highest BCUT2D eigenvalue weighted by Gasteiger charge is 2.18. The zero-order chi connectivity index (χ0) is 15.5. The summed E-state index contributed by atoms with van der Waals surface area (Å²) in [6, 6.07) is 4.27. The van der Waals surface area contributed by atoms with Crippen molar-refractivity contribution in [3.63, 3.8) is 0 Å². The quantitative estimate of drug-likeness (QED) is 0.661. The molecule has 22 heavy (non-hydrogen) atoms. The SMILES string of the molecule is CC(C)Nc1nnc(S[C@H](C)c2nnc(-c3cccs3)o2)s1. The van der Waals surface area contributed by atoms with E-state index in [4.69, 9.17) is 4.42 Å². The first-order valence-corrected chi connectivity index (χ1v) is 9.33. The second-order valence-electron chi connectivity index (χ2n) is 4.85. The summed E-state index contributed by atoms with van der Waals surface area (Å²) in [5.74, 6) is 1.17. The molecule has 3 heterocycles. The van der Waals surface area contributed by atoms with Crippen molar-refractivity contribution in [2.24, 2.45) is 0 Å². The van der Waals surface area contributed by atoms with Gasteiger partial charge in [0.25, 0.3) is 5.89 Å². The maximum atomic E-state index is 5.74. The highest BCUT2D eigenvalue weighted by Crippen LogP contribution is 2.37. The molecule has 0 aliphatic rings. The fourth-order valence-corrected chi connectivity index (χ4v) is 4.38. The van der Waals surface area contributed by atoms with E-state index in [1.165, 1.54) is 11.3 Å². The topological polar surface area (TPSA) is 76.7 Å². The minimum atomic E-state index is 0.0288. The first kappa shape index (κ1) is 15.4. The van der Waals surface area contributed by atoms with E-state index in [2.05, 4.69) is 39.6 Å². The summed E-state index contributed by atoms with van der Waals surface area (Å²) >= 11 is 4.68. The Morgan fingerprint density at radius 2 is 2.05 bits per heavy atom. The van der Waals surface area contributed by atoms with Crippen molar-refractivity contribution in [1.29, 1.82) is 0 Å². The number of rotatable bonds is 6. The Morgan fingerprint density at radius 3 is 2.77 bits per heavy atom. The average Bonchev–Trinajstić information content (AvgIpc) is 3.19. The van der Waals surface area contributed by atoms with E-state index in [1.807, 2.05) is 24.4 Å². The van der Waals surface area contributed by atoms with Crippen molar-refractivity contribution in [1.82, 2.24) is 20.4 Å². The molecule has 1 atom stereocenters. The molecule has 1 N–H and O–H groups in total. The predicted molar refractivity (Wildman–Crippen MR) is 90.6 cm³/mol. The molecule has 0 unspecified atom stereocenters. The summed E-state index contributed by atoms with van der Waals surface area (Å²) < 4.78 is 6.62. The average molecular weight is 353 g/mol. The van der Waals surface area contributed by atoms with E-state index < -0.39 is 0 Å². The first-order chi connectivity index (χ1) is 10.6. The van der Waals surface area contributed by atoms with Crippen LogP contribution in [0.1, 0.15) is 31.9 Å². The second-order valence-corrected chi connectivity index (χ2v) is 8.37. The van der Waals surface area contributed by atoms with Gasteiger partial charge in [-0.05, 0) is 32.2 Å². The number of hydrogen-bond acceptors (Lipinski definition) is 9. The van der Waals surface area contributed by atoms with E-state index in [-0.39, 0.29) is 5.25 Å². The zero-order valence-electron chi connectivity index (χ0n) is 12.3. The van der Waals surface area contributed by atoms with Crippen molar-refractivity contribution in [3.05, 3.63) is 23.4 Å². The van der Waals surface area contributed by atoms with Gasteiger partial charge in [-0.3, -0.25) is 0 Å². The van der Waals surface area contributed by atoms with Gasteiger partial charge >= 0.3 is 0 Å². The Morgan fingerprint density at radius 1 is 1.18 bits per heavy atom. The van der Waals surface area contributed by atoms with Gasteiger partial charge in [0.15, 0.2) is 4.34 Å². The van der Waals surface area contributed by atoms with Crippen molar-refractivity contribution >= 4 is 39.6 Å². The van der Waals surface area contributed by atoms with E-state index in [9.17, 15) is 0 Å². The number of thioether (sulfide) groups is 1. The van der Waals surface area contributed by atoms with Gasteiger partial charge in [0.1, 0.15) is 0 Å². The molecule has 9 heteroatoms. The molecule has 0 aliphatic carbocycles. The normalized spacial score (nSPS) is 12.7. The van der Waals surface area contributed by atoms with Crippen LogP contribution in [0.2, 0.25) is 0 Å². The Balaban J connectivity index is 1.67. The van der Waals surface area contributed by atoms with Gasteiger partial charge in [0.2, 0.25) is 11.0 Å². The smallest absolute Gasteiger partial charge is 0.257 e. The van der Waals surface area contributed by atoms with Crippen LogP contribution in [-0.4, -0.2) is 26.4 Å². The lowest BCUT2D eigenvalue weighted by molar-refractivity contribution is 0.510. The minimum Gasteiger partial charge on any atom is -0.419 e. The molecule has 0 radical (unpaired) electrons. The van der Waals surface area contributed by atoms with Crippen molar-refractivity contribution in [3.8, 4) is 10.8 Å². The highest BCUT2D eigenvalue weighted by molar-refractivity contribution is 8.01. The number of anilines is 1. The van der Waals surface area contributed by atoms with Gasteiger partial charge in [-0.15, -0.1) is 31.7 Å². The molecule has 3 rings (SSSR count). The molecule has 0 spiro atoms. The molecule has 0 bridgehead atoms. The standard InChI is InChI=1S/C13H15N5OS3/c1-7(2)14-12-17-18-13(22-12)21-8(3)10-15-16-11(19-10)9-5-4-6-20-9/h4-8H,1-3H3,(H,14,17)/t8-/m1/s1. The zero-order valence-corrected chi connectivity index (χ0v) is 14.8. The van der Waals surface area contributed by atoms with E-state index in [0.717, 1.165) is 14.3 Å². The van der Waals surface area contributed by atoms with E-state index >= 15 is 0 Å². The van der Waals surface area contributed by atoms with Crippen molar-refractivity contribution in [2.45, 2.75) is 36.4 Å². The van der Waals surface area contributed by atoms with Crippen LogP contribution in [0.3, 0.4) is 0 Å². The van der Waals surface area contributed by atoms with Crippen LogP contribution < -0.4 is 5.32 Å². The second kappa shape index (κ2) is 6.76. The summed E-state index contributed by atoms with van der Waals surface area (Å²) in [6.07, 6.45) is 0. The van der Waals surface area contributed by atoms with Gasteiger partial charge in [0, 0.05) is 6.04 Å². The Kier molecular flexibility index (Phi) is 4.74. The Labute approximate surface area is 140 Å². The van der Waals surface area contributed by atoms with Crippen molar-refractivity contribution < 1.29 is 4.42 Å². The fraction of sp³-hybridized carbons (Fsp3) is 0.385. The van der Waals surface area contributed by atoms with Crippen LogP contribution in [0.25, 0.3) is 10.8 Å². The number of nitrogens with one attached hydrogen (secondary N) is 1. The van der Waals surface area contributed by atoms with Gasteiger partial charge in [-0.25, -0.2) is 0 Å². The fourth-order valence-electron chi connectivity index (χ4n) is 1.66. The lowest BCUT2D eigenvalue weighted by Gasteiger charge is -2.03. The third-order valence-corrected chi connectivity index (χ3v) is 5.50. The molecule has 0 fully saturated rings. The number of aromatic nitrogens is 4. The molecular weight excluding hydrogens is 338 g/mol. The Bertz CT molecular complexity index is 722. The first-order valence-electron chi connectivity index (χ1n) is 6.76. The van der Waals surface area contributed by atoms with Crippen LogP contribution in [0.15, 0.2) is 26.3 Å². The summed E-state index contributed by atoms with van der Waals surface area (Å²) in [6.45, 7) is 6.16. The number of thiophene rings is 1. The number of nitrogens with zero attached hydrogens (tertiary/aromatic N) is 4. The highest BCUT2D eigenvalue weighted by atomic mass is 32.2. The molecular formula is C13H15N5OS3. The predicted octanol–water partition coefficient (Wildman–Crippen LogP) is 4.32. The van der Waals surface area contributed by atoms with Gasteiger partial charge in [0.05, 0.1) is 10.1 Å². The molecule has 0 aromatic carbocycles. The molecule has 3 aromatic heterocycles.